The number of hydrogen-bond acceptors (Lipinski definition) is 8. The van der Waals surface area contributed by atoms with Crippen molar-refractivity contribution in [3.63, 3.8) is 0 Å². The second-order valence-electron chi connectivity index (χ2n) is 7.16. The lowest BCUT2D eigenvalue weighted by Crippen LogP contribution is -2.28. The summed E-state index contributed by atoms with van der Waals surface area (Å²) in [6.45, 7) is -0.279. The van der Waals surface area contributed by atoms with Gasteiger partial charge in [0.05, 0.1) is 44.3 Å². The summed E-state index contributed by atoms with van der Waals surface area (Å²) in [7, 11) is 4.35. The zero-order chi connectivity index (χ0) is 24.2. The number of nitrogens with one attached hydrogen (secondary N) is 1. The van der Waals surface area contributed by atoms with E-state index in [4.69, 9.17) is 14.2 Å². The van der Waals surface area contributed by atoms with E-state index in [9.17, 15) is 14.4 Å². The minimum absolute atomic E-state index is 0.216. The predicted molar refractivity (Wildman–Crippen MR) is 129 cm³/mol. The molecule has 9 nitrogen and oxygen atoms in total. The highest BCUT2D eigenvalue weighted by atomic mass is 32.1. The number of methoxy groups -OCH3 is 3. The molecule has 1 N–H and O–H groups in total. The standard InChI is InChI=1S/C24H21N3O6S/c1-31-18-9-8-14(10-19(18)32-2)16-12-34-22-21(16)23(29)27(13-25-22)11-20(28)26-17-7-5-4-6-15(17)24(30)33-3/h4-10,12-13H,11H2,1-3H3,(H,26,28). The number of esters is 1. The highest BCUT2D eigenvalue weighted by molar-refractivity contribution is 7.17. The minimum atomic E-state index is -0.575. The van der Waals surface area contributed by atoms with Crippen LogP contribution in [0.15, 0.2) is 59.0 Å². The highest BCUT2D eigenvalue weighted by Crippen LogP contribution is 2.36. The summed E-state index contributed by atoms with van der Waals surface area (Å²) in [6, 6.07) is 11.9. The van der Waals surface area contributed by atoms with Crippen LogP contribution >= 0.6 is 11.3 Å². The average molecular weight is 480 g/mol. The molecule has 0 spiro atoms. The van der Waals surface area contributed by atoms with Crippen LogP contribution in [0.2, 0.25) is 0 Å². The van der Waals surface area contributed by atoms with Crippen LogP contribution in [0.4, 0.5) is 5.69 Å². The molecule has 34 heavy (non-hydrogen) atoms. The van der Waals surface area contributed by atoms with E-state index in [1.165, 1.54) is 29.3 Å². The summed E-state index contributed by atoms with van der Waals surface area (Å²) in [6.07, 6.45) is 1.34. The summed E-state index contributed by atoms with van der Waals surface area (Å²) in [5, 5.41) is 4.91. The quantitative estimate of drug-likeness (QED) is 0.404. The molecule has 4 rings (SSSR count). The van der Waals surface area contributed by atoms with Crippen LogP contribution in [0.5, 0.6) is 11.5 Å². The van der Waals surface area contributed by atoms with Gasteiger partial charge >= 0.3 is 5.97 Å². The van der Waals surface area contributed by atoms with Gasteiger partial charge in [-0.15, -0.1) is 11.3 Å². The number of carbonyl (C=O) groups is 2. The fourth-order valence-electron chi connectivity index (χ4n) is 3.52. The number of carbonyl (C=O) groups excluding carboxylic acids is 2. The van der Waals surface area contributed by atoms with Crippen LogP contribution in [0.25, 0.3) is 21.3 Å². The van der Waals surface area contributed by atoms with Gasteiger partial charge in [0.15, 0.2) is 11.5 Å². The summed E-state index contributed by atoms with van der Waals surface area (Å²) in [4.78, 5) is 42.9. The van der Waals surface area contributed by atoms with Gasteiger partial charge in [-0.1, -0.05) is 18.2 Å². The largest absolute Gasteiger partial charge is 0.493 e. The van der Waals surface area contributed by atoms with Crippen molar-refractivity contribution in [3.8, 4) is 22.6 Å². The lowest BCUT2D eigenvalue weighted by molar-refractivity contribution is -0.116. The molecule has 0 aliphatic carbocycles. The van der Waals surface area contributed by atoms with Gasteiger partial charge in [-0.05, 0) is 29.8 Å². The van der Waals surface area contributed by atoms with E-state index in [-0.39, 0.29) is 17.7 Å². The van der Waals surface area contributed by atoms with E-state index in [1.54, 1.807) is 50.6 Å². The topological polar surface area (TPSA) is 109 Å². The van der Waals surface area contributed by atoms with Gasteiger partial charge in [-0.3, -0.25) is 14.2 Å². The third kappa shape index (κ3) is 4.35. The first-order chi connectivity index (χ1) is 16.5. The third-order valence-corrected chi connectivity index (χ3v) is 6.06. The Morgan fingerprint density at radius 1 is 1.06 bits per heavy atom. The van der Waals surface area contributed by atoms with E-state index in [0.717, 1.165) is 5.56 Å². The molecule has 2 aromatic carbocycles. The SMILES string of the molecule is COC(=O)c1ccccc1NC(=O)Cn1cnc2scc(-c3ccc(OC)c(OC)c3)c2c1=O. The Morgan fingerprint density at radius 2 is 1.82 bits per heavy atom. The van der Waals surface area contributed by atoms with Crippen LogP contribution in [-0.2, 0) is 16.1 Å². The van der Waals surface area contributed by atoms with Crippen LogP contribution in [0.1, 0.15) is 10.4 Å². The van der Waals surface area contributed by atoms with Gasteiger partial charge < -0.3 is 19.5 Å². The number of amides is 1. The Bertz CT molecular complexity index is 1440. The van der Waals surface area contributed by atoms with E-state index in [0.29, 0.717) is 33.0 Å². The molecule has 0 radical (unpaired) electrons. The molecule has 0 unspecified atom stereocenters. The smallest absolute Gasteiger partial charge is 0.339 e. The molecule has 0 fully saturated rings. The maximum absolute atomic E-state index is 13.3. The number of aromatic nitrogens is 2. The molecule has 0 saturated heterocycles. The number of thiophene rings is 1. The summed E-state index contributed by atoms with van der Waals surface area (Å²) >= 11 is 1.34. The van der Waals surface area contributed by atoms with Crippen molar-refractivity contribution in [2.45, 2.75) is 6.54 Å². The minimum Gasteiger partial charge on any atom is -0.493 e. The van der Waals surface area contributed by atoms with Crippen molar-refractivity contribution in [3.05, 3.63) is 70.1 Å². The number of para-hydroxylation sites is 1. The second-order valence-corrected chi connectivity index (χ2v) is 8.02. The van der Waals surface area contributed by atoms with Crippen molar-refractivity contribution < 1.29 is 23.8 Å². The van der Waals surface area contributed by atoms with E-state index < -0.39 is 11.9 Å². The molecule has 2 aromatic heterocycles. The maximum Gasteiger partial charge on any atom is 0.339 e. The Hall–Kier alpha value is -4.18. The number of benzene rings is 2. The van der Waals surface area contributed by atoms with E-state index in [1.807, 2.05) is 11.4 Å². The zero-order valence-electron chi connectivity index (χ0n) is 18.7. The second kappa shape index (κ2) is 9.75. The molecule has 1 amide bonds. The van der Waals surface area contributed by atoms with Crippen molar-refractivity contribution in [2.24, 2.45) is 0 Å². The van der Waals surface area contributed by atoms with Crippen LogP contribution in [0.3, 0.4) is 0 Å². The molecule has 0 aliphatic heterocycles. The van der Waals surface area contributed by atoms with Gasteiger partial charge in [0, 0.05) is 10.9 Å². The van der Waals surface area contributed by atoms with Gasteiger partial charge in [-0.25, -0.2) is 9.78 Å². The molecule has 2 heterocycles. The van der Waals surface area contributed by atoms with Gasteiger partial charge in [0.2, 0.25) is 5.91 Å². The Kier molecular flexibility index (Phi) is 6.60. The first-order valence-electron chi connectivity index (χ1n) is 10.1. The highest BCUT2D eigenvalue weighted by Gasteiger charge is 2.18. The number of nitrogens with zero attached hydrogens (tertiary/aromatic N) is 2. The normalized spacial score (nSPS) is 10.7. The van der Waals surface area contributed by atoms with Crippen molar-refractivity contribution >= 4 is 39.1 Å². The summed E-state index contributed by atoms with van der Waals surface area (Å²) in [5.74, 6) is 0.0499. The Balaban J connectivity index is 1.66. The number of hydrogen-bond donors (Lipinski definition) is 1. The van der Waals surface area contributed by atoms with Crippen LogP contribution in [-0.4, -0.2) is 42.8 Å². The summed E-state index contributed by atoms with van der Waals surface area (Å²) in [5.41, 5.74) is 1.60. The lowest BCUT2D eigenvalue weighted by Gasteiger charge is -2.11. The molecular formula is C24H21N3O6S. The van der Waals surface area contributed by atoms with Gasteiger partial charge in [-0.2, -0.15) is 0 Å². The number of fused-ring (bicyclic) bond motifs is 1. The van der Waals surface area contributed by atoms with Crippen molar-refractivity contribution in [2.75, 3.05) is 26.6 Å². The zero-order valence-corrected chi connectivity index (χ0v) is 19.5. The summed E-state index contributed by atoms with van der Waals surface area (Å²) < 4.78 is 16.6. The number of anilines is 1. The Morgan fingerprint density at radius 3 is 2.56 bits per heavy atom. The molecule has 10 heteroatoms. The van der Waals surface area contributed by atoms with E-state index >= 15 is 0 Å². The molecule has 0 saturated carbocycles. The van der Waals surface area contributed by atoms with Crippen LogP contribution < -0.4 is 20.3 Å². The number of ether oxygens (including phenoxy) is 3. The first kappa shape index (κ1) is 23.0. The van der Waals surface area contributed by atoms with Crippen LogP contribution in [0, 0.1) is 0 Å². The maximum atomic E-state index is 13.3. The third-order valence-electron chi connectivity index (χ3n) is 5.18. The average Bonchev–Trinajstić information content (AvgIpc) is 3.30. The van der Waals surface area contributed by atoms with E-state index in [2.05, 4.69) is 10.3 Å². The molecule has 0 aliphatic rings. The molecule has 0 bridgehead atoms. The van der Waals surface area contributed by atoms with Gasteiger partial charge in [0.25, 0.3) is 5.56 Å². The number of rotatable bonds is 7. The molecule has 0 atom stereocenters. The van der Waals surface area contributed by atoms with Crippen molar-refractivity contribution in [1.82, 2.24) is 9.55 Å². The van der Waals surface area contributed by atoms with Crippen molar-refractivity contribution in [1.29, 1.82) is 0 Å². The molecule has 4 aromatic rings. The molecular weight excluding hydrogens is 458 g/mol. The van der Waals surface area contributed by atoms with Gasteiger partial charge in [0.1, 0.15) is 11.4 Å². The fourth-order valence-corrected chi connectivity index (χ4v) is 4.43. The Labute approximate surface area is 198 Å². The fraction of sp³-hybridized carbons (Fsp3) is 0.167. The first-order valence-corrected chi connectivity index (χ1v) is 11.0. The predicted octanol–water partition coefficient (Wildman–Crippen LogP) is 3.57. The molecule has 174 valence electrons. The lowest BCUT2D eigenvalue weighted by atomic mass is 10.1. The monoisotopic (exact) mass is 479 g/mol.